The molecular formula is C14H14N6O. The van der Waals surface area contributed by atoms with Gasteiger partial charge in [0.1, 0.15) is 6.07 Å². The lowest BCUT2D eigenvalue weighted by atomic mass is 10.3. The predicted molar refractivity (Wildman–Crippen MR) is 75.9 cm³/mol. The van der Waals surface area contributed by atoms with Crippen molar-refractivity contribution in [3.63, 3.8) is 0 Å². The number of hydrogen-bond donors (Lipinski definition) is 2. The molecule has 0 aliphatic heterocycles. The second kappa shape index (κ2) is 7.55. The second-order valence-electron chi connectivity index (χ2n) is 4.14. The minimum atomic E-state index is -0.101. The lowest BCUT2D eigenvalue weighted by molar-refractivity contribution is -0.121. The highest BCUT2D eigenvalue weighted by Gasteiger charge is 2.05. The number of hydrogen-bond acceptors (Lipinski definition) is 6. The number of carbonyl (C=O) groups excluding carboxylic acids is 1. The standard InChI is InChI=1S/C14H14N6O/c15-9-12-14(19-8-7-17-12)18-6-4-13(21)20-10-11-3-1-2-5-16-11/h1-3,5,7-8H,4,6,10H2,(H,18,19)(H,20,21). The van der Waals surface area contributed by atoms with Gasteiger partial charge in [-0.2, -0.15) is 5.26 Å². The number of anilines is 1. The van der Waals surface area contributed by atoms with Crippen LogP contribution in [0, 0.1) is 11.3 Å². The summed E-state index contributed by atoms with van der Waals surface area (Å²) in [7, 11) is 0. The van der Waals surface area contributed by atoms with Crippen molar-refractivity contribution in [2.75, 3.05) is 11.9 Å². The normalized spacial score (nSPS) is 9.67. The van der Waals surface area contributed by atoms with E-state index >= 15 is 0 Å². The summed E-state index contributed by atoms with van der Waals surface area (Å²) in [4.78, 5) is 23.7. The maximum Gasteiger partial charge on any atom is 0.222 e. The van der Waals surface area contributed by atoms with Gasteiger partial charge in [-0.3, -0.25) is 9.78 Å². The van der Waals surface area contributed by atoms with Gasteiger partial charge in [-0.15, -0.1) is 0 Å². The van der Waals surface area contributed by atoms with Crippen LogP contribution in [-0.2, 0) is 11.3 Å². The minimum Gasteiger partial charge on any atom is -0.367 e. The van der Waals surface area contributed by atoms with E-state index in [2.05, 4.69) is 25.6 Å². The summed E-state index contributed by atoms with van der Waals surface area (Å²) in [5, 5.41) is 14.6. The maximum atomic E-state index is 11.7. The number of nitriles is 1. The Balaban J connectivity index is 1.73. The molecule has 0 fully saturated rings. The Kier molecular flexibility index (Phi) is 5.18. The molecular weight excluding hydrogens is 268 g/mol. The van der Waals surface area contributed by atoms with E-state index in [1.165, 1.54) is 12.4 Å². The highest BCUT2D eigenvalue weighted by molar-refractivity contribution is 5.76. The number of rotatable bonds is 6. The zero-order valence-electron chi connectivity index (χ0n) is 11.3. The number of aromatic nitrogens is 3. The summed E-state index contributed by atoms with van der Waals surface area (Å²) in [6, 6.07) is 7.47. The number of nitrogens with one attached hydrogen (secondary N) is 2. The minimum absolute atomic E-state index is 0.101. The molecule has 0 aromatic carbocycles. The van der Waals surface area contributed by atoms with Crippen molar-refractivity contribution in [1.29, 1.82) is 5.26 Å². The third kappa shape index (κ3) is 4.54. The van der Waals surface area contributed by atoms with Gasteiger partial charge in [0.2, 0.25) is 5.91 Å². The third-order valence-electron chi connectivity index (χ3n) is 2.64. The molecule has 0 unspecified atom stereocenters. The van der Waals surface area contributed by atoms with Gasteiger partial charge >= 0.3 is 0 Å². The van der Waals surface area contributed by atoms with Crippen molar-refractivity contribution >= 4 is 11.7 Å². The van der Waals surface area contributed by atoms with Gasteiger partial charge in [0, 0.05) is 31.6 Å². The molecule has 0 aliphatic carbocycles. The Morgan fingerprint density at radius 3 is 2.81 bits per heavy atom. The molecule has 0 spiro atoms. The SMILES string of the molecule is N#Cc1nccnc1NCCC(=O)NCc1ccccn1. The summed E-state index contributed by atoms with van der Waals surface area (Å²) >= 11 is 0. The van der Waals surface area contributed by atoms with Crippen LogP contribution in [0.5, 0.6) is 0 Å². The first-order valence-electron chi connectivity index (χ1n) is 6.41. The maximum absolute atomic E-state index is 11.7. The van der Waals surface area contributed by atoms with Crippen LogP contribution in [0.25, 0.3) is 0 Å². The smallest absolute Gasteiger partial charge is 0.222 e. The van der Waals surface area contributed by atoms with Gasteiger partial charge in [0.15, 0.2) is 11.5 Å². The van der Waals surface area contributed by atoms with Crippen LogP contribution in [0.2, 0.25) is 0 Å². The summed E-state index contributed by atoms with van der Waals surface area (Å²) in [6.07, 6.45) is 4.89. The quantitative estimate of drug-likeness (QED) is 0.814. The monoisotopic (exact) mass is 282 g/mol. The fraction of sp³-hybridized carbons (Fsp3) is 0.214. The van der Waals surface area contributed by atoms with Crippen LogP contribution in [-0.4, -0.2) is 27.4 Å². The summed E-state index contributed by atoms with van der Waals surface area (Å²) in [5.74, 6) is 0.285. The first-order valence-corrected chi connectivity index (χ1v) is 6.41. The average molecular weight is 282 g/mol. The van der Waals surface area contributed by atoms with Crippen LogP contribution < -0.4 is 10.6 Å². The Morgan fingerprint density at radius 1 is 1.19 bits per heavy atom. The Labute approximate surface area is 122 Å². The topological polar surface area (TPSA) is 104 Å². The Morgan fingerprint density at radius 2 is 2.05 bits per heavy atom. The van der Waals surface area contributed by atoms with Crippen LogP contribution in [0.15, 0.2) is 36.8 Å². The Bertz CT molecular complexity index is 637. The van der Waals surface area contributed by atoms with Crippen molar-refractivity contribution < 1.29 is 4.79 Å². The predicted octanol–water partition coefficient (Wildman–Crippen LogP) is 0.862. The molecule has 2 rings (SSSR count). The highest BCUT2D eigenvalue weighted by Crippen LogP contribution is 2.05. The van der Waals surface area contributed by atoms with E-state index in [0.717, 1.165) is 5.69 Å². The molecule has 2 aromatic rings. The molecule has 7 heteroatoms. The average Bonchev–Trinajstić information content (AvgIpc) is 2.54. The molecule has 2 heterocycles. The van der Waals surface area contributed by atoms with Crippen LogP contribution in [0.1, 0.15) is 17.8 Å². The van der Waals surface area contributed by atoms with Gasteiger partial charge in [0.05, 0.1) is 12.2 Å². The van der Waals surface area contributed by atoms with Crippen molar-refractivity contribution in [3.05, 3.63) is 48.2 Å². The fourth-order valence-corrected chi connectivity index (χ4v) is 1.62. The summed E-state index contributed by atoms with van der Waals surface area (Å²) in [5.41, 5.74) is 1.02. The van der Waals surface area contributed by atoms with E-state index in [4.69, 9.17) is 5.26 Å². The molecule has 0 bridgehead atoms. The van der Waals surface area contributed by atoms with Crippen molar-refractivity contribution in [1.82, 2.24) is 20.3 Å². The van der Waals surface area contributed by atoms with Crippen LogP contribution >= 0.6 is 0 Å². The van der Waals surface area contributed by atoms with Gasteiger partial charge in [-0.05, 0) is 12.1 Å². The third-order valence-corrected chi connectivity index (χ3v) is 2.64. The number of pyridine rings is 1. The first-order chi connectivity index (χ1) is 10.3. The highest BCUT2D eigenvalue weighted by atomic mass is 16.1. The zero-order chi connectivity index (χ0) is 14.9. The lowest BCUT2D eigenvalue weighted by Crippen LogP contribution is -2.25. The van der Waals surface area contributed by atoms with Gasteiger partial charge in [-0.25, -0.2) is 9.97 Å². The molecule has 0 radical (unpaired) electrons. The van der Waals surface area contributed by atoms with E-state index in [9.17, 15) is 4.79 Å². The molecule has 21 heavy (non-hydrogen) atoms. The molecule has 0 aliphatic rings. The van der Waals surface area contributed by atoms with Crippen LogP contribution in [0.4, 0.5) is 5.82 Å². The van der Waals surface area contributed by atoms with E-state index in [1.807, 2.05) is 24.3 Å². The molecule has 0 saturated heterocycles. The summed E-state index contributed by atoms with van der Waals surface area (Å²) < 4.78 is 0. The van der Waals surface area contributed by atoms with E-state index in [0.29, 0.717) is 18.9 Å². The molecule has 1 amide bonds. The Hall–Kier alpha value is -3.01. The van der Waals surface area contributed by atoms with Crippen LogP contribution in [0.3, 0.4) is 0 Å². The molecule has 106 valence electrons. The van der Waals surface area contributed by atoms with E-state index in [-0.39, 0.29) is 18.0 Å². The summed E-state index contributed by atoms with van der Waals surface area (Å²) in [6.45, 7) is 0.773. The largest absolute Gasteiger partial charge is 0.367 e. The van der Waals surface area contributed by atoms with Crippen molar-refractivity contribution in [2.24, 2.45) is 0 Å². The number of amides is 1. The van der Waals surface area contributed by atoms with E-state index < -0.39 is 0 Å². The fourth-order valence-electron chi connectivity index (χ4n) is 1.62. The number of nitrogens with zero attached hydrogens (tertiary/aromatic N) is 4. The van der Waals surface area contributed by atoms with Crippen molar-refractivity contribution in [2.45, 2.75) is 13.0 Å². The molecule has 0 atom stereocenters. The number of carbonyl (C=O) groups is 1. The molecule has 7 nitrogen and oxygen atoms in total. The molecule has 2 aromatic heterocycles. The van der Waals surface area contributed by atoms with Gasteiger partial charge in [-0.1, -0.05) is 6.07 Å². The van der Waals surface area contributed by atoms with E-state index in [1.54, 1.807) is 6.20 Å². The second-order valence-corrected chi connectivity index (χ2v) is 4.14. The molecule has 0 saturated carbocycles. The lowest BCUT2D eigenvalue weighted by Gasteiger charge is -2.07. The zero-order valence-corrected chi connectivity index (χ0v) is 11.3. The van der Waals surface area contributed by atoms with Gasteiger partial charge in [0.25, 0.3) is 0 Å². The van der Waals surface area contributed by atoms with Crippen molar-refractivity contribution in [3.8, 4) is 6.07 Å². The van der Waals surface area contributed by atoms with Gasteiger partial charge < -0.3 is 10.6 Å². The first kappa shape index (κ1) is 14.4. The molecule has 2 N–H and O–H groups in total.